The monoisotopic (exact) mass is 479 g/mol. The van der Waals surface area contributed by atoms with Gasteiger partial charge in [0, 0.05) is 11.1 Å². The zero-order valence-electron chi connectivity index (χ0n) is 18.7. The Labute approximate surface area is 198 Å². The number of aromatic nitrogens is 5. The maximum absolute atomic E-state index is 12.8. The summed E-state index contributed by atoms with van der Waals surface area (Å²) in [7, 11) is 0. The van der Waals surface area contributed by atoms with Crippen molar-refractivity contribution >= 4 is 10.9 Å². The van der Waals surface area contributed by atoms with Gasteiger partial charge in [-0.2, -0.15) is 13.2 Å². The van der Waals surface area contributed by atoms with Crippen molar-refractivity contribution in [3.8, 4) is 34.5 Å². The largest absolute Gasteiger partial charge is 0.491 e. The third-order valence-corrected chi connectivity index (χ3v) is 5.25. The summed E-state index contributed by atoms with van der Waals surface area (Å²) in [6.07, 6.45) is -4.34. The molecule has 0 aliphatic heterocycles. The molecule has 5 aromatic rings. The zero-order chi connectivity index (χ0) is 24.6. The number of benzene rings is 3. The molecular formula is C25H20F3N5O2. The Hall–Kier alpha value is -4.34. The quantitative estimate of drug-likeness (QED) is 0.305. The van der Waals surface area contributed by atoms with Gasteiger partial charge in [-0.25, -0.2) is 5.10 Å². The normalized spacial score (nSPS) is 11.8. The fraction of sp³-hybridized carbons (Fsp3) is 0.160. The molecule has 0 amide bonds. The summed E-state index contributed by atoms with van der Waals surface area (Å²) in [6, 6.07) is 19.6. The highest BCUT2D eigenvalue weighted by Gasteiger charge is 2.30. The first-order chi connectivity index (χ1) is 16.8. The Balaban J connectivity index is 1.52. The van der Waals surface area contributed by atoms with Crippen LogP contribution in [0, 0.1) is 0 Å². The predicted molar refractivity (Wildman–Crippen MR) is 124 cm³/mol. The topological polar surface area (TPSA) is 77.9 Å². The number of ether oxygens (including phenoxy) is 2. The Bertz CT molecular complexity index is 1440. The summed E-state index contributed by atoms with van der Waals surface area (Å²) in [6.45, 7) is 3.93. The highest BCUT2D eigenvalue weighted by atomic mass is 19.4. The van der Waals surface area contributed by atoms with Gasteiger partial charge in [0.25, 0.3) is 0 Å². The molecule has 5 rings (SSSR count). The van der Waals surface area contributed by atoms with Crippen LogP contribution >= 0.6 is 0 Å². The molecule has 0 unspecified atom stereocenters. The second kappa shape index (κ2) is 8.79. The van der Waals surface area contributed by atoms with E-state index in [-0.39, 0.29) is 6.10 Å². The van der Waals surface area contributed by atoms with Crippen molar-refractivity contribution < 1.29 is 22.6 Å². The van der Waals surface area contributed by atoms with E-state index < -0.39 is 11.7 Å². The lowest BCUT2D eigenvalue weighted by Crippen LogP contribution is -2.05. The van der Waals surface area contributed by atoms with E-state index in [4.69, 9.17) is 9.47 Å². The predicted octanol–water partition coefficient (Wildman–Crippen LogP) is 6.41. The van der Waals surface area contributed by atoms with Crippen LogP contribution in [0.3, 0.4) is 0 Å². The van der Waals surface area contributed by atoms with Crippen LogP contribution in [0.4, 0.5) is 13.2 Å². The minimum atomic E-state index is -4.40. The zero-order valence-corrected chi connectivity index (χ0v) is 18.7. The molecule has 0 saturated heterocycles. The number of alkyl halides is 3. The maximum Gasteiger partial charge on any atom is 0.416 e. The van der Waals surface area contributed by atoms with Gasteiger partial charge >= 0.3 is 6.18 Å². The van der Waals surface area contributed by atoms with E-state index in [1.807, 2.05) is 60.9 Å². The van der Waals surface area contributed by atoms with E-state index in [0.717, 1.165) is 40.2 Å². The van der Waals surface area contributed by atoms with Crippen LogP contribution in [0.5, 0.6) is 17.2 Å². The number of rotatable bonds is 6. The third kappa shape index (κ3) is 4.68. The lowest BCUT2D eigenvalue weighted by atomic mass is 10.2. The molecule has 7 nitrogen and oxygen atoms in total. The first kappa shape index (κ1) is 22.5. The number of nitrogens with one attached hydrogen (secondary N) is 1. The van der Waals surface area contributed by atoms with E-state index in [1.54, 1.807) is 6.07 Å². The van der Waals surface area contributed by atoms with E-state index in [9.17, 15) is 13.2 Å². The van der Waals surface area contributed by atoms with E-state index in [2.05, 4.69) is 20.6 Å². The molecule has 2 aromatic heterocycles. The first-order valence-electron chi connectivity index (χ1n) is 10.8. The van der Waals surface area contributed by atoms with Crippen LogP contribution in [-0.4, -0.2) is 31.3 Å². The van der Waals surface area contributed by atoms with Gasteiger partial charge in [0.05, 0.1) is 22.9 Å². The molecule has 0 atom stereocenters. The lowest BCUT2D eigenvalue weighted by molar-refractivity contribution is -0.137. The Morgan fingerprint density at radius 2 is 1.54 bits per heavy atom. The molecule has 35 heavy (non-hydrogen) atoms. The number of aromatic amines is 1. The maximum atomic E-state index is 12.8. The summed E-state index contributed by atoms with van der Waals surface area (Å²) in [5.41, 5.74) is 1.74. The minimum Gasteiger partial charge on any atom is -0.491 e. The van der Waals surface area contributed by atoms with Crippen LogP contribution in [0.15, 0.2) is 72.8 Å². The second-order valence-corrected chi connectivity index (χ2v) is 8.12. The lowest BCUT2D eigenvalue weighted by Gasteiger charge is -2.13. The number of hydrogen-bond donors (Lipinski definition) is 1. The average Bonchev–Trinajstić information content (AvgIpc) is 3.47. The highest BCUT2D eigenvalue weighted by molar-refractivity contribution is 5.89. The number of nitrogens with zero attached hydrogens (tertiary/aromatic N) is 4. The average molecular weight is 479 g/mol. The summed E-state index contributed by atoms with van der Waals surface area (Å²) < 4.78 is 52.0. The molecule has 0 spiro atoms. The fourth-order valence-electron chi connectivity index (χ4n) is 3.77. The van der Waals surface area contributed by atoms with Gasteiger partial charge in [0.15, 0.2) is 5.82 Å². The second-order valence-electron chi connectivity index (χ2n) is 8.12. The van der Waals surface area contributed by atoms with Crippen molar-refractivity contribution in [3.05, 3.63) is 78.4 Å². The van der Waals surface area contributed by atoms with Crippen LogP contribution < -0.4 is 9.47 Å². The summed E-state index contributed by atoms with van der Waals surface area (Å²) in [5, 5.41) is 15.1. The Morgan fingerprint density at radius 1 is 0.857 bits per heavy atom. The Kier molecular flexibility index (Phi) is 5.64. The van der Waals surface area contributed by atoms with Crippen LogP contribution in [0.1, 0.15) is 19.4 Å². The van der Waals surface area contributed by atoms with Gasteiger partial charge in [-0.3, -0.25) is 0 Å². The van der Waals surface area contributed by atoms with E-state index in [0.29, 0.717) is 17.3 Å². The van der Waals surface area contributed by atoms with Crippen molar-refractivity contribution in [2.75, 3.05) is 0 Å². The highest BCUT2D eigenvalue weighted by Crippen LogP contribution is 2.35. The molecular weight excluding hydrogens is 459 g/mol. The van der Waals surface area contributed by atoms with Gasteiger partial charge in [0.2, 0.25) is 0 Å². The molecule has 0 aliphatic carbocycles. The smallest absolute Gasteiger partial charge is 0.416 e. The molecule has 0 radical (unpaired) electrons. The number of tetrazole rings is 1. The molecule has 0 fully saturated rings. The summed E-state index contributed by atoms with van der Waals surface area (Å²) >= 11 is 0. The molecule has 0 aliphatic rings. The Morgan fingerprint density at radius 3 is 2.17 bits per heavy atom. The van der Waals surface area contributed by atoms with E-state index >= 15 is 0 Å². The molecule has 0 bridgehead atoms. The van der Waals surface area contributed by atoms with Crippen molar-refractivity contribution in [2.45, 2.75) is 26.1 Å². The standard InChI is InChI=1S/C25H20F3N5O2/c1-15(2)34-19-9-5-18(6-10-19)33-22-12-11-21(13-16(22)14-23(33)24-29-31-32-30-24)35-20-7-3-17(4-8-20)25(26,27)28/h3-15H,1-2H3,(H,29,30,31,32). The number of halogens is 3. The van der Waals surface area contributed by atoms with Gasteiger partial charge in [-0.15, -0.1) is 5.10 Å². The van der Waals surface area contributed by atoms with Crippen LogP contribution in [-0.2, 0) is 6.18 Å². The van der Waals surface area contributed by atoms with Gasteiger partial charge < -0.3 is 14.0 Å². The molecule has 1 N–H and O–H groups in total. The van der Waals surface area contributed by atoms with Crippen LogP contribution in [0.25, 0.3) is 28.1 Å². The van der Waals surface area contributed by atoms with Crippen molar-refractivity contribution in [3.63, 3.8) is 0 Å². The van der Waals surface area contributed by atoms with Crippen molar-refractivity contribution in [1.82, 2.24) is 25.2 Å². The molecule has 0 saturated carbocycles. The summed E-state index contributed by atoms with van der Waals surface area (Å²) in [5.74, 6) is 2.03. The van der Waals surface area contributed by atoms with Crippen LogP contribution in [0.2, 0.25) is 0 Å². The van der Waals surface area contributed by atoms with Gasteiger partial charge in [-0.1, -0.05) is 0 Å². The van der Waals surface area contributed by atoms with E-state index in [1.165, 1.54) is 12.1 Å². The molecule has 178 valence electrons. The van der Waals surface area contributed by atoms with Gasteiger partial charge in [0.1, 0.15) is 17.2 Å². The third-order valence-electron chi connectivity index (χ3n) is 5.25. The fourth-order valence-corrected chi connectivity index (χ4v) is 3.77. The minimum absolute atomic E-state index is 0.0622. The summed E-state index contributed by atoms with van der Waals surface area (Å²) in [4.78, 5) is 0. The van der Waals surface area contributed by atoms with Crippen molar-refractivity contribution in [1.29, 1.82) is 0 Å². The molecule has 2 heterocycles. The molecule has 10 heteroatoms. The molecule has 3 aromatic carbocycles. The van der Waals surface area contributed by atoms with Crippen molar-refractivity contribution in [2.24, 2.45) is 0 Å². The van der Waals surface area contributed by atoms with Gasteiger partial charge in [-0.05, 0) is 97.1 Å². The number of hydrogen-bond acceptors (Lipinski definition) is 5. The first-order valence-corrected chi connectivity index (χ1v) is 10.8. The SMILES string of the molecule is CC(C)Oc1ccc(-n2c(-c3nnn[nH]3)cc3cc(Oc4ccc(C(F)(F)F)cc4)ccc32)cc1. The number of fused-ring (bicyclic) bond motifs is 1. The number of H-pyrrole nitrogens is 1.